The van der Waals surface area contributed by atoms with Gasteiger partial charge in [-0.1, -0.05) is 0 Å². The Bertz CT molecular complexity index is 605. The molecular formula is C12H12N4O2S. The lowest BCUT2D eigenvalue weighted by Gasteiger charge is -2.23. The molecule has 98 valence electrons. The van der Waals surface area contributed by atoms with E-state index in [1.807, 2.05) is 11.4 Å². The van der Waals surface area contributed by atoms with Crippen molar-refractivity contribution in [3.8, 4) is 0 Å². The number of imidazole rings is 1. The summed E-state index contributed by atoms with van der Waals surface area (Å²) in [7, 11) is 0. The highest BCUT2D eigenvalue weighted by atomic mass is 32.1. The second-order valence-electron chi connectivity index (χ2n) is 4.27. The minimum absolute atomic E-state index is 0.109. The first-order chi connectivity index (χ1) is 9.24. The molecule has 2 aromatic heterocycles. The molecule has 0 spiro atoms. The van der Waals surface area contributed by atoms with Crippen molar-refractivity contribution in [1.82, 2.24) is 15.0 Å². The van der Waals surface area contributed by atoms with Crippen LogP contribution in [0.15, 0.2) is 30.2 Å². The average molecular weight is 276 g/mol. The number of urea groups is 1. The van der Waals surface area contributed by atoms with Crippen LogP contribution in [0.3, 0.4) is 0 Å². The van der Waals surface area contributed by atoms with Crippen molar-refractivity contribution in [2.45, 2.75) is 18.9 Å². The topological polar surface area (TPSA) is 76.0 Å². The second-order valence-corrected chi connectivity index (χ2v) is 5.19. The minimum Gasteiger partial charge on any atom is -0.330 e. The number of rotatable bonds is 2. The van der Waals surface area contributed by atoms with Crippen LogP contribution < -0.4 is 10.7 Å². The van der Waals surface area contributed by atoms with Gasteiger partial charge in [-0.3, -0.25) is 4.79 Å². The number of carbonyl (C=O) groups excluding carboxylic acids is 2. The molecule has 1 unspecified atom stereocenters. The van der Waals surface area contributed by atoms with E-state index in [1.54, 1.807) is 12.4 Å². The summed E-state index contributed by atoms with van der Waals surface area (Å²) in [6, 6.07) is 1.48. The molecule has 2 aromatic rings. The molecular weight excluding hydrogens is 264 g/mol. The summed E-state index contributed by atoms with van der Waals surface area (Å²) in [5.41, 5.74) is 3.54. The highest BCUT2D eigenvalue weighted by Gasteiger charge is 2.27. The first-order valence-electron chi connectivity index (χ1n) is 5.90. The predicted octanol–water partition coefficient (Wildman–Crippen LogP) is 1.92. The van der Waals surface area contributed by atoms with Gasteiger partial charge in [-0.15, -0.1) is 11.3 Å². The largest absolute Gasteiger partial charge is 0.334 e. The van der Waals surface area contributed by atoms with Crippen molar-refractivity contribution >= 4 is 23.2 Å². The first kappa shape index (κ1) is 11.9. The molecule has 0 aliphatic heterocycles. The lowest BCUT2D eigenvalue weighted by Crippen LogP contribution is -2.37. The number of ketones is 1. The molecule has 2 N–H and O–H groups in total. The van der Waals surface area contributed by atoms with E-state index < -0.39 is 0 Å². The van der Waals surface area contributed by atoms with E-state index in [-0.39, 0.29) is 17.9 Å². The molecule has 2 heterocycles. The zero-order chi connectivity index (χ0) is 13.2. The molecule has 3 rings (SSSR count). The molecule has 7 heteroatoms. The van der Waals surface area contributed by atoms with E-state index in [2.05, 4.69) is 15.7 Å². The third kappa shape index (κ3) is 2.37. The second kappa shape index (κ2) is 4.85. The Hall–Kier alpha value is -2.15. The van der Waals surface area contributed by atoms with Crippen LogP contribution in [0, 0.1) is 0 Å². The highest BCUT2D eigenvalue weighted by Crippen LogP contribution is 2.33. The molecule has 1 aliphatic carbocycles. The van der Waals surface area contributed by atoms with Gasteiger partial charge >= 0.3 is 6.03 Å². The van der Waals surface area contributed by atoms with Gasteiger partial charge in [0.2, 0.25) is 0 Å². The zero-order valence-corrected chi connectivity index (χ0v) is 10.8. The maximum atomic E-state index is 11.8. The van der Waals surface area contributed by atoms with Crippen molar-refractivity contribution in [3.63, 3.8) is 0 Å². The fourth-order valence-corrected chi connectivity index (χ4v) is 3.08. The van der Waals surface area contributed by atoms with Crippen molar-refractivity contribution in [3.05, 3.63) is 40.6 Å². The Morgan fingerprint density at radius 2 is 2.42 bits per heavy atom. The van der Waals surface area contributed by atoms with Crippen LogP contribution in [0.2, 0.25) is 0 Å². The molecule has 1 atom stereocenters. The number of hydrogen-bond donors (Lipinski definition) is 2. The van der Waals surface area contributed by atoms with Crippen molar-refractivity contribution in [2.75, 3.05) is 5.43 Å². The Balaban J connectivity index is 1.70. The van der Waals surface area contributed by atoms with Gasteiger partial charge in [0.05, 0.1) is 10.9 Å². The molecule has 2 amide bonds. The van der Waals surface area contributed by atoms with E-state index in [9.17, 15) is 9.59 Å². The van der Waals surface area contributed by atoms with Gasteiger partial charge in [0.1, 0.15) is 6.33 Å². The fraction of sp³-hybridized carbons (Fsp3) is 0.250. The summed E-state index contributed by atoms with van der Waals surface area (Å²) < 4.78 is 1.47. The van der Waals surface area contributed by atoms with Gasteiger partial charge in [0.15, 0.2) is 5.78 Å². The van der Waals surface area contributed by atoms with Gasteiger partial charge in [-0.05, 0) is 23.4 Å². The Morgan fingerprint density at radius 3 is 3.21 bits per heavy atom. The number of thiophene rings is 1. The smallest absolute Gasteiger partial charge is 0.330 e. The Labute approximate surface area is 113 Å². The third-order valence-corrected chi connectivity index (χ3v) is 4.00. The summed E-state index contributed by atoms with van der Waals surface area (Å²) in [5.74, 6) is 0.165. The molecule has 0 fully saturated rings. The van der Waals surface area contributed by atoms with E-state index in [0.717, 1.165) is 10.4 Å². The molecule has 6 nitrogen and oxygen atoms in total. The number of nitrogens with zero attached hydrogens (tertiary/aromatic N) is 2. The molecule has 0 saturated carbocycles. The third-order valence-electron chi connectivity index (χ3n) is 3.02. The number of fused-ring (bicyclic) bond motifs is 1. The molecule has 0 radical (unpaired) electrons. The van der Waals surface area contributed by atoms with Gasteiger partial charge in [-0.2, -0.15) is 0 Å². The number of Topliss-reactive ketones (excluding diaryl/α,β-unsaturated/α-hetero) is 1. The average Bonchev–Trinajstić information content (AvgIpc) is 3.03. The maximum absolute atomic E-state index is 11.8. The summed E-state index contributed by atoms with van der Waals surface area (Å²) in [6.45, 7) is 0. The summed E-state index contributed by atoms with van der Waals surface area (Å²) >= 11 is 1.43. The summed E-state index contributed by atoms with van der Waals surface area (Å²) in [5, 5.41) is 4.76. The van der Waals surface area contributed by atoms with E-state index in [4.69, 9.17) is 0 Å². The molecule has 1 aliphatic rings. The molecule has 0 bridgehead atoms. The van der Waals surface area contributed by atoms with E-state index >= 15 is 0 Å². The normalized spacial score (nSPS) is 17.9. The Morgan fingerprint density at radius 1 is 1.53 bits per heavy atom. The lowest BCUT2D eigenvalue weighted by molar-refractivity contribution is 0.0969. The van der Waals surface area contributed by atoms with Crippen LogP contribution in [-0.2, 0) is 0 Å². The van der Waals surface area contributed by atoms with Gasteiger partial charge in [0, 0.05) is 18.8 Å². The number of aromatic nitrogens is 2. The predicted molar refractivity (Wildman–Crippen MR) is 70.7 cm³/mol. The van der Waals surface area contributed by atoms with Crippen LogP contribution >= 0.6 is 11.3 Å². The monoisotopic (exact) mass is 276 g/mol. The van der Waals surface area contributed by atoms with Crippen molar-refractivity contribution < 1.29 is 9.59 Å². The van der Waals surface area contributed by atoms with Gasteiger partial charge < -0.3 is 5.32 Å². The maximum Gasteiger partial charge on any atom is 0.334 e. The van der Waals surface area contributed by atoms with Gasteiger partial charge in [0.25, 0.3) is 0 Å². The van der Waals surface area contributed by atoms with E-state index in [1.165, 1.54) is 22.3 Å². The number of nitrogens with one attached hydrogen (secondary N) is 2. The SMILES string of the molecule is O=C(NC1CCC(=O)c2sccc21)Nn1ccnc1. The molecule has 0 saturated heterocycles. The van der Waals surface area contributed by atoms with Crippen LogP contribution in [0.4, 0.5) is 4.79 Å². The first-order valence-corrected chi connectivity index (χ1v) is 6.78. The van der Waals surface area contributed by atoms with Crippen molar-refractivity contribution in [2.24, 2.45) is 0 Å². The number of amides is 2. The highest BCUT2D eigenvalue weighted by molar-refractivity contribution is 7.12. The molecule has 19 heavy (non-hydrogen) atoms. The molecule has 0 aromatic carbocycles. The van der Waals surface area contributed by atoms with Crippen LogP contribution in [0.25, 0.3) is 0 Å². The standard InChI is InChI=1S/C12H12N4O2S/c17-10-2-1-9(8-3-6-19-11(8)10)14-12(18)15-16-5-4-13-7-16/h3-7,9H,1-2H2,(H2,14,15,18). The Kier molecular flexibility index (Phi) is 3.04. The fourth-order valence-electron chi connectivity index (χ4n) is 2.15. The van der Waals surface area contributed by atoms with Gasteiger partial charge in [-0.25, -0.2) is 19.9 Å². The number of hydrogen-bond acceptors (Lipinski definition) is 4. The summed E-state index contributed by atoms with van der Waals surface area (Å²) in [4.78, 5) is 28.1. The quantitative estimate of drug-likeness (QED) is 0.879. The van der Waals surface area contributed by atoms with Crippen LogP contribution in [0.1, 0.15) is 34.1 Å². The van der Waals surface area contributed by atoms with E-state index in [0.29, 0.717) is 12.8 Å². The number of carbonyl (C=O) groups is 2. The zero-order valence-electron chi connectivity index (χ0n) is 10.00. The van der Waals surface area contributed by atoms with Crippen LogP contribution in [0.5, 0.6) is 0 Å². The van der Waals surface area contributed by atoms with Crippen LogP contribution in [-0.4, -0.2) is 21.5 Å². The van der Waals surface area contributed by atoms with Crippen molar-refractivity contribution in [1.29, 1.82) is 0 Å². The summed E-state index contributed by atoms with van der Waals surface area (Å²) in [6.07, 6.45) is 5.83. The minimum atomic E-state index is -0.311. The lowest BCUT2D eigenvalue weighted by atomic mass is 9.93.